The molecule has 21 heavy (non-hydrogen) atoms. The van der Waals surface area contributed by atoms with E-state index in [2.05, 4.69) is 21.0 Å². The van der Waals surface area contributed by atoms with Gasteiger partial charge in [0.1, 0.15) is 5.82 Å². The summed E-state index contributed by atoms with van der Waals surface area (Å²) in [5, 5.41) is 15.5. The average molecular weight is 376 g/mol. The Morgan fingerprint density at radius 1 is 1.43 bits per heavy atom. The maximum atomic E-state index is 13.1. The molecule has 114 valence electrons. The molecular weight excluding hydrogens is 359 g/mol. The van der Waals surface area contributed by atoms with Crippen molar-refractivity contribution < 1.29 is 9.50 Å². The molecule has 1 atom stereocenters. The number of aliphatic hydroxyl groups is 1. The van der Waals surface area contributed by atoms with Gasteiger partial charge in [-0.1, -0.05) is 40.5 Å². The van der Waals surface area contributed by atoms with E-state index < -0.39 is 6.10 Å². The van der Waals surface area contributed by atoms with Crippen molar-refractivity contribution in [1.82, 2.24) is 9.78 Å². The van der Waals surface area contributed by atoms with Crippen molar-refractivity contribution in [3.8, 4) is 0 Å². The Morgan fingerprint density at radius 3 is 2.71 bits per heavy atom. The van der Waals surface area contributed by atoms with Gasteiger partial charge < -0.3 is 5.11 Å². The SMILES string of the molecule is CCc1nn(CC)c(CC(O)c2ccc(F)cc2Br)c1Cl. The second-order valence-electron chi connectivity index (χ2n) is 4.76. The molecule has 0 radical (unpaired) electrons. The van der Waals surface area contributed by atoms with Gasteiger partial charge in [-0.25, -0.2) is 4.39 Å². The Kier molecular flexibility index (Phi) is 5.41. The lowest BCUT2D eigenvalue weighted by Crippen LogP contribution is -2.09. The first kappa shape index (κ1) is 16.5. The summed E-state index contributed by atoms with van der Waals surface area (Å²) in [7, 11) is 0. The number of aromatic nitrogens is 2. The molecule has 2 aromatic rings. The predicted octanol–water partition coefficient (Wildman–Crippen LogP) is 4.30. The molecule has 1 aromatic carbocycles. The molecule has 0 aliphatic heterocycles. The molecule has 1 N–H and O–H groups in total. The molecule has 0 amide bonds. The van der Waals surface area contributed by atoms with Crippen molar-refractivity contribution in [3.63, 3.8) is 0 Å². The van der Waals surface area contributed by atoms with Crippen molar-refractivity contribution in [2.45, 2.75) is 39.3 Å². The van der Waals surface area contributed by atoms with E-state index in [1.165, 1.54) is 12.1 Å². The minimum atomic E-state index is -0.774. The van der Waals surface area contributed by atoms with E-state index >= 15 is 0 Å². The second-order valence-corrected chi connectivity index (χ2v) is 5.99. The minimum Gasteiger partial charge on any atom is -0.388 e. The van der Waals surface area contributed by atoms with Crippen LogP contribution in [-0.4, -0.2) is 14.9 Å². The topological polar surface area (TPSA) is 38.0 Å². The van der Waals surface area contributed by atoms with Gasteiger partial charge in [-0.05, 0) is 31.0 Å². The highest BCUT2D eigenvalue weighted by Gasteiger charge is 2.20. The van der Waals surface area contributed by atoms with Crippen LogP contribution >= 0.6 is 27.5 Å². The van der Waals surface area contributed by atoms with Gasteiger partial charge in [0.05, 0.1) is 22.5 Å². The fourth-order valence-corrected chi connectivity index (χ4v) is 3.24. The zero-order valence-electron chi connectivity index (χ0n) is 11.9. The van der Waals surface area contributed by atoms with Crippen LogP contribution in [0.3, 0.4) is 0 Å². The molecule has 2 rings (SSSR count). The smallest absolute Gasteiger partial charge is 0.124 e. The van der Waals surface area contributed by atoms with Crippen LogP contribution in [0.25, 0.3) is 0 Å². The monoisotopic (exact) mass is 374 g/mol. The minimum absolute atomic E-state index is 0.337. The molecule has 0 spiro atoms. The van der Waals surface area contributed by atoms with Gasteiger partial charge in [-0.2, -0.15) is 5.10 Å². The molecule has 1 heterocycles. The van der Waals surface area contributed by atoms with Crippen LogP contribution in [0, 0.1) is 5.82 Å². The summed E-state index contributed by atoms with van der Waals surface area (Å²) >= 11 is 9.62. The van der Waals surface area contributed by atoms with Crippen LogP contribution < -0.4 is 0 Å². The Hall–Kier alpha value is -0.910. The molecule has 0 fully saturated rings. The number of aliphatic hydroxyl groups excluding tert-OH is 1. The first-order valence-corrected chi connectivity index (χ1v) is 8.02. The number of hydrogen-bond acceptors (Lipinski definition) is 2. The summed E-state index contributed by atoms with van der Waals surface area (Å²) in [5.41, 5.74) is 2.27. The normalized spacial score (nSPS) is 12.7. The fraction of sp³-hybridized carbons (Fsp3) is 0.400. The third kappa shape index (κ3) is 3.47. The lowest BCUT2D eigenvalue weighted by Gasteiger charge is -2.14. The lowest BCUT2D eigenvalue weighted by atomic mass is 10.0. The van der Waals surface area contributed by atoms with Gasteiger partial charge in [0, 0.05) is 17.4 Å². The van der Waals surface area contributed by atoms with Crippen molar-refractivity contribution in [2.24, 2.45) is 0 Å². The first-order valence-electron chi connectivity index (χ1n) is 6.84. The Morgan fingerprint density at radius 2 is 2.14 bits per heavy atom. The highest BCUT2D eigenvalue weighted by molar-refractivity contribution is 9.10. The van der Waals surface area contributed by atoms with E-state index in [4.69, 9.17) is 11.6 Å². The summed E-state index contributed by atoms with van der Waals surface area (Å²) in [6.45, 7) is 4.66. The molecule has 0 bridgehead atoms. The molecule has 0 aliphatic rings. The third-order valence-corrected chi connectivity index (χ3v) is 4.53. The van der Waals surface area contributed by atoms with Crippen LogP contribution in [-0.2, 0) is 19.4 Å². The Labute approximate surface area is 136 Å². The van der Waals surface area contributed by atoms with Crippen molar-refractivity contribution in [3.05, 3.63) is 50.5 Å². The summed E-state index contributed by atoms with van der Waals surface area (Å²) in [4.78, 5) is 0. The zero-order chi connectivity index (χ0) is 15.6. The molecule has 6 heteroatoms. The van der Waals surface area contributed by atoms with E-state index in [0.717, 1.165) is 17.8 Å². The molecule has 0 saturated heterocycles. The second kappa shape index (κ2) is 6.90. The number of halogens is 3. The van der Waals surface area contributed by atoms with Gasteiger partial charge in [0.15, 0.2) is 0 Å². The summed E-state index contributed by atoms with van der Waals surface area (Å²) in [6, 6.07) is 4.25. The van der Waals surface area contributed by atoms with Crippen LogP contribution in [0.15, 0.2) is 22.7 Å². The predicted molar refractivity (Wildman–Crippen MR) is 85.1 cm³/mol. The summed E-state index contributed by atoms with van der Waals surface area (Å²) < 4.78 is 15.5. The summed E-state index contributed by atoms with van der Waals surface area (Å²) in [5.74, 6) is -0.345. The molecule has 3 nitrogen and oxygen atoms in total. The van der Waals surface area contributed by atoms with Gasteiger partial charge in [0.2, 0.25) is 0 Å². The molecule has 0 saturated carbocycles. The van der Waals surface area contributed by atoms with Crippen molar-refractivity contribution >= 4 is 27.5 Å². The van der Waals surface area contributed by atoms with E-state index in [-0.39, 0.29) is 5.82 Å². The van der Waals surface area contributed by atoms with Gasteiger partial charge in [-0.3, -0.25) is 4.68 Å². The van der Waals surface area contributed by atoms with E-state index in [1.54, 1.807) is 6.07 Å². The molecule has 1 unspecified atom stereocenters. The number of nitrogens with zero attached hydrogens (tertiary/aromatic N) is 2. The molecule has 0 aliphatic carbocycles. The summed E-state index contributed by atoms with van der Waals surface area (Å²) in [6.07, 6.45) is 0.309. The molecular formula is C15H17BrClFN2O. The van der Waals surface area contributed by atoms with Gasteiger partial charge in [0.25, 0.3) is 0 Å². The fourth-order valence-electron chi connectivity index (χ4n) is 2.28. The molecule has 1 aromatic heterocycles. The number of aryl methyl sites for hydroxylation is 2. The van der Waals surface area contributed by atoms with E-state index in [1.807, 2.05) is 18.5 Å². The third-order valence-electron chi connectivity index (χ3n) is 3.40. The number of rotatable bonds is 5. The van der Waals surface area contributed by atoms with Crippen LogP contribution in [0.2, 0.25) is 5.02 Å². The van der Waals surface area contributed by atoms with E-state index in [9.17, 15) is 9.50 Å². The number of benzene rings is 1. The van der Waals surface area contributed by atoms with Crippen molar-refractivity contribution in [1.29, 1.82) is 0 Å². The first-order chi connectivity index (χ1) is 9.97. The zero-order valence-corrected chi connectivity index (χ0v) is 14.2. The average Bonchev–Trinajstić information content (AvgIpc) is 2.75. The van der Waals surface area contributed by atoms with Gasteiger partial charge in [-0.15, -0.1) is 0 Å². The van der Waals surface area contributed by atoms with Crippen LogP contribution in [0.1, 0.15) is 36.9 Å². The highest BCUT2D eigenvalue weighted by Crippen LogP contribution is 2.30. The maximum Gasteiger partial charge on any atom is 0.124 e. The van der Waals surface area contributed by atoms with Gasteiger partial charge >= 0.3 is 0 Å². The largest absolute Gasteiger partial charge is 0.388 e. The van der Waals surface area contributed by atoms with Crippen molar-refractivity contribution in [2.75, 3.05) is 0 Å². The lowest BCUT2D eigenvalue weighted by molar-refractivity contribution is 0.174. The maximum absolute atomic E-state index is 13.1. The van der Waals surface area contributed by atoms with Crippen LogP contribution in [0.5, 0.6) is 0 Å². The quantitative estimate of drug-likeness (QED) is 0.846. The standard InChI is InChI=1S/C15H17BrClFN2O/c1-3-12-15(17)13(20(4-2)19-12)8-14(21)10-6-5-9(18)7-11(10)16/h5-7,14,21H,3-4,8H2,1-2H3. The Bertz CT molecular complexity index is 645. The Balaban J connectivity index is 2.31. The van der Waals surface area contributed by atoms with E-state index in [0.29, 0.717) is 28.0 Å². The van der Waals surface area contributed by atoms with Crippen LogP contribution in [0.4, 0.5) is 4.39 Å². The number of hydrogen-bond donors (Lipinski definition) is 1. The highest BCUT2D eigenvalue weighted by atomic mass is 79.9.